The van der Waals surface area contributed by atoms with Crippen molar-refractivity contribution in [3.8, 4) is 11.4 Å². The highest BCUT2D eigenvalue weighted by Gasteiger charge is 2.03. The molecule has 0 aliphatic heterocycles. The topological polar surface area (TPSA) is 55.6 Å². The van der Waals surface area contributed by atoms with Crippen molar-refractivity contribution in [1.29, 1.82) is 0 Å². The summed E-state index contributed by atoms with van der Waals surface area (Å²) in [6.45, 7) is 0. The van der Waals surface area contributed by atoms with E-state index in [2.05, 4.69) is 20.7 Å². The van der Waals surface area contributed by atoms with E-state index in [-0.39, 0.29) is 0 Å². The lowest BCUT2D eigenvalue weighted by molar-refractivity contribution is 0.630. The van der Waals surface area contributed by atoms with Crippen LogP contribution in [0.25, 0.3) is 11.4 Å². The van der Waals surface area contributed by atoms with Gasteiger partial charge in [-0.3, -0.25) is 0 Å². The minimum absolute atomic E-state index is 0.643. The van der Waals surface area contributed by atoms with Crippen molar-refractivity contribution in [2.75, 3.05) is 12.4 Å². The molecule has 0 bridgehead atoms. The van der Waals surface area contributed by atoms with Gasteiger partial charge < -0.3 is 5.32 Å². The summed E-state index contributed by atoms with van der Waals surface area (Å²) in [6, 6.07) is 7.88. The van der Waals surface area contributed by atoms with Crippen LogP contribution in [0.2, 0.25) is 0 Å². The molecule has 0 saturated heterocycles. The Kier molecular flexibility index (Phi) is 2.14. The van der Waals surface area contributed by atoms with Crippen molar-refractivity contribution in [1.82, 2.24) is 20.2 Å². The summed E-state index contributed by atoms with van der Waals surface area (Å²) < 4.78 is 0. The first-order chi connectivity index (χ1) is 6.79. The molecule has 0 radical (unpaired) electrons. The zero-order valence-corrected chi connectivity index (χ0v) is 8.10. The van der Waals surface area contributed by atoms with E-state index in [0.717, 1.165) is 11.3 Å². The Hall–Kier alpha value is -1.91. The lowest BCUT2D eigenvalue weighted by Gasteiger charge is -2.00. The maximum absolute atomic E-state index is 4.12. The van der Waals surface area contributed by atoms with Gasteiger partial charge in [0.1, 0.15) is 0 Å². The van der Waals surface area contributed by atoms with E-state index in [1.807, 2.05) is 31.3 Å². The Bertz CT molecular complexity index is 434. The molecule has 0 saturated carbocycles. The van der Waals surface area contributed by atoms with Gasteiger partial charge in [-0.25, -0.2) is 0 Å². The summed E-state index contributed by atoms with van der Waals surface area (Å²) in [4.78, 5) is 1.45. The van der Waals surface area contributed by atoms with Crippen LogP contribution in [0.15, 0.2) is 24.3 Å². The molecule has 2 rings (SSSR count). The molecule has 5 nitrogen and oxygen atoms in total. The van der Waals surface area contributed by atoms with Gasteiger partial charge in [-0.15, -0.1) is 10.2 Å². The second-order valence-electron chi connectivity index (χ2n) is 2.93. The lowest BCUT2D eigenvalue weighted by atomic mass is 10.2. The fraction of sp³-hybridized carbons (Fsp3) is 0.222. The molecule has 1 heterocycles. The number of aromatic nitrogens is 4. The zero-order chi connectivity index (χ0) is 9.97. The van der Waals surface area contributed by atoms with Crippen LogP contribution >= 0.6 is 0 Å². The minimum atomic E-state index is 0.643. The number of hydrogen-bond acceptors (Lipinski definition) is 4. The minimum Gasteiger partial charge on any atom is -0.388 e. The Morgan fingerprint density at radius 3 is 2.86 bits per heavy atom. The van der Waals surface area contributed by atoms with Gasteiger partial charge in [0.15, 0.2) is 0 Å². The predicted octanol–water partition coefficient (Wildman–Crippen LogP) is 0.919. The largest absolute Gasteiger partial charge is 0.388 e. The van der Waals surface area contributed by atoms with Gasteiger partial charge >= 0.3 is 0 Å². The van der Waals surface area contributed by atoms with Crippen molar-refractivity contribution in [2.24, 2.45) is 7.05 Å². The average Bonchev–Trinajstić information content (AvgIpc) is 2.65. The van der Waals surface area contributed by atoms with Gasteiger partial charge in [-0.1, -0.05) is 12.1 Å². The molecule has 72 valence electrons. The van der Waals surface area contributed by atoms with E-state index in [1.54, 1.807) is 7.05 Å². The maximum Gasteiger partial charge on any atom is 0.204 e. The maximum atomic E-state index is 4.12. The summed E-state index contributed by atoms with van der Waals surface area (Å²) in [5, 5.41) is 14.9. The summed E-state index contributed by atoms with van der Waals surface area (Å²) in [5.41, 5.74) is 2.00. The Labute approximate surface area is 81.8 Å². The lowest BCUT2D eigenvalue weighted by Crippen LogP contribution is -1.92. The highest BCUT2D eigenvalue weighted by molar-refractivity contribution is 5.61. The first kappa shape index (κ1) is 8.68. The van der Waals surface area contributed by atoms with Crippen molar-refractivity contribution in [3.63, 3.8) is 0 Å². The highest BCUT2D eigenvalue weighted by Crippen LogP contribution is 2.17. The van der Waals surface area contributed by atoms with Gasteiger partial charge in [-0.05, 0) is 17.3 Å². The molecule has 0 amide bonds. The van der Waals surface area contributed by atoms with E-state index in [0.29, 0.717) is 5.82 Å². The molecule has 14 heavy (non-hydrogen) atoms. The number of aryl methyl sites for hydroxylation is 1. The molecule has 0 unspecified atom stereocenters. The monoisotopic (exact) mass is 189 g/mol. The first-order valence-electron chi connectivity index (χ1n) is 4.32. The Morgan fingerprint density at radius 2 is 2.21 bits per heavy atom. The van der Waals surface area contributed by atoms with E-state index in [4.69, 9.17) is 0 Å². The number of nitrogens with zero attached hydrogens (tertiary/aromatic N) is 4. The number of nitrogens with one attached hydrogen (secondary N) is 1. The summed E-state index contributed by atoms with van der Waals surface area (Å²) in [5.74, 6) is 0.643. The molecule has 1 N–H and O–H groups in total. The van der Waals surface area contributed by atoms with Crippen LogP contribution in [0.3, 0.4) is 0 Å². The average molecular weight is 189 g/mol. The molecule has 0 spiro atoms. The fourth-order valence-corrected chi connectivity index (χ4v) is 1.21. The summed E-state index contributed by atoms with van der Waals surface area (Å²) in [7, 11) is 3.63. The molecular weight excluding hydrogens is 178 g/mol. The number of rotatable bonds is 2. The van der Waals surface area contributed by atoms with Crippen LogP contribution in [0.1, 0.15) is 0 Å². The molecule has 2 aromatic rings. The molecule has 0 aliphatic carbocycles. The molecule has 0 aliphatic rings. The molecule has 5 heteroatoms. The second-order valence-corrected chi connectivity index (χ2v) is 2.93. The van der Waals surface area contributed by atoms with E-state index in [9.17, 15) is 0 Å². The zero-order valence-electron chi connectivity index (χ0n) is 8.10. The van der Waals surface area contributed by atoms with Crippen molar-refractivity contribution < 1.29 is 0 Å². The number of hydrogen-bond donors (Lipinski definition) is 1. The van der Waals surface area contributed by atoms with Crippen molar-refractivity contribution >= 4 is 5.69 Å². The predicted molar refractivity (Wildman–Crippen MR) is 53.8 cm³/mol. The number of tetrazole rings is 1. The third-order valence-corrected chi connectivity index (χ3v) is 1.92. The quantitative estimate of drug-likeness (QED) is 0.763. The van der Waals surface area contributed by atoms with Gasteiger partial charge in [0.05, 0.1) is 7.05 Å². The van der Waals surface area contributed by atoms with E-state index >= 15 is 0 Å². The smallest absolute Gasteiger partial charge is 0.204 e. The molecular formula is C9H11N5. The highest BCUT2D eigenvalue weighted by atomic mass is 15.6. The first-order valence-corrected chi connectivity index (χ1v) is 4.32. The molecule has 0 fully saturated rings. The van der Waals surface area contributed by atoms with Crippen LogP contribution in [-0.4, -0.2) is 27.3 Å². The van der Waals surface area contributed by atoms with Crippen molar-refractivity contribution in [3.05, 3.63) is 24.3 Å². The fourth-order valence-electron chi connectivity index (χ4n) is 1.21. The third-order valence-electron chi connectivity index (χ3n) is 1.92. The summed E-state index contributed by atoms with van der Waals surface area (Å²) >= 11 is 0. The van der Waals surface area contributed by atoms with Gasteiger partial charge in [0.25, 0.3) is 0 Å². The van der Waals surface area contributed by atoms with Gasteiger partial charge in [0.2, 0.25) is 5.82 Å². The molecule has 0 atom stereocenters. The van der Waals surface area contributed by atoms with E-state index in [1.165, 1.54) is 4.80 Å². The molecule has 1 aromatic carbocycles. The van der Waals surface area contributed by atoms with Crippen molar-refractivity contribution in [2.45, 2.75) is 0 Å². The van der Waals surface area contributed by atoms with Crippen LogP contribution in [0.5, 0.6) is 0 Å². The van der Waals surface area contributed by atoms with E-state index < -0.39 is 0 Å². The third kappa shape index (κ3) is 1.56. The van der Waals surface area contributed by atoms with Crippen LogP contribution in [-0.2, 0) is 7.05 Å². The Morgan fingerprint density at radius 1 is 1.36 bits per heavy atom. The number of benzene rings is 1. The van der Waals surface area contributed by atoms with Gasteiger partial charge in [-0.2, -0.15) is 4.80 Å². The van der Waals surface area contributed by atoms with Gasteiger partial charge in [0, 0.05) is 18.3 Å². The Balaban J connectivity index is 2.41. The normalized spacial score (nSPS) is 10.1. The van der Waals surface area contributed by atoms with Crippen LogP contribution in [0.4, 0.5) is 5.69 Å². The number of anilines is 1. The SMILES string of the molecule is CNc1cccc(-c2nnn(C)n2)c1. The second kappa shape index (κ2) is 3.45. The molecule has 1 aromatic heterocycles. The summed E-state index contributed by atoms with van der Waals surface area (Å²) in [6.07, 6.45) is 0. The van der Waals surface area contributed by atoms with Crippen LogP contribution in [0, 0.1) is 0 Å². The standard InChI is InChI=1S/C9H11N5/c1-10-8-5-3-4-7(6-8)9-11-13-14(2)12-9/h3-6,10H,1-2H3. The van der Waals surface area contributed by atoms with Crippen LogP contribution < -0.4 is 5.32 Å².